The molecule has 1 amide bonds. The van der Waals surface area contributed by atoms with Crippen LogP contribution in [0.3, 0.4) is 0 Å². The molecular weight excluding hydrogens is 169 g/mol. The van der Waals surface area contributed by atoms with Gasteiger partial charge in [0.1, 0.15) is 7.85 Å². The van der Waals surface area contributed by atoms with E-state index < -0.39 is 6.00 Å². The fraction of sp³-hybridized carbons (Fsp3) is 0.875. The Labute approximate surface area is 79.6 Å². The third-order valence-corrected chi connectivity index (χ3v) is 2.08. The Morgan fingerprint density at radius 1 is 1.69 bits per heavy atom. The van der Waals surface area contributed by atoms with Gasteiger partial charge in [-0.15, -0.1) is 0 Å². The van der Waals surface area contributed by atoms with Gasteiger partial charge in [0, 0.05) is 12.5 Å². The molecule has 2 atom stereocenters. The lowest BCUT2D eigenvalue weighted by atomic mass is 9.97. The van der Waals surface area contributed by atoms with Crippen molar-refractivity contribution in [1.82, 2.24) is 4.90 Å². The zero-order chi connectivity index (χ0) is 9.84. The maximum absolute atomic E-state index is 11.2. The first kappa shape index (κ1) is 10.4. The van der Waals surface area contributed by atoms with Crippen LogP contribution in [-0.4, -0.2) is 51.1 Å². The van der Waals surface area contributed by atoms with Gasteiger partial charge in [0.2, 0.25) is 0 Å². The van der Waals surface area contributed by atoms with Gasteiger partial charge in [-0.1, -0.05) is 6.92 Å². The van der Waals surface area contributed by atoms with E-state index in [9.17, 15) is 4.79 Å². The van der Waals surface area contributed by atoms with Crippen LogP contribution in [0.25, 0.3) is 0 Å². The first-order valence-electron chi connectivity index (χ1n) is 4.41. The standard InChI is InChI=1S/C8H14BNO3/c1-3-6-4-10(8(11)12-2)5-7(9)13-6/h6-7H,3-5H2,1-2H3. The van der Waals surface area contributed by atoms with Crippen LogP contribution >= 0.6 is 0 Å². The van der Waals surface area contributed by atoms with Crippen LogP contribution in [0.1, 0.15) is 13.3 Å². The van der Waals surface area contributed by atoms with Gasteiger partial charge >= 0.3 is 6.09 Å². The number of carbonyl (C=O) groups is 1. The fourth-order valence-electron chi connectivity index (χ4n) is 1.37. The van der Waals surface area contributed by atoms with E-state index in [4.69, 9.17) is 12.6 Å². The van der Waals surface area contributed by atoms with Gasteiger partial charge in [-0.25, -0.2) is 4.79 Å². The summed E-state index contributed by atoms with van der Waals surface area (Å²) in [6.45, 7) is 2.97. The molecule has 2 radical (unpaired) electrons. The molecule has 0 aromatic carbocycles. The second-order valence-electron chi connectivity index (χ2n) is 3.08. The van der Waals surface area contributed by atoms with Crippen molar-refractivity contribution in [2.45, 2.75) is 25.5 Å². The predicted molar refractivity (Wildman–Crippen MR) is 48.7 cm³/mol. The van der Waals surface area contributed by atoms with Crippen molar-refractivity contribution in [1.29, 1.82) is 0 Å². The molecule has 1 saturated heterocycles. The molecule has 13 heavy (non-hydrogen) atoms. The van der Waals surface area contributed by atoms with Gasteiger partial charge in [0.15, 0.2) is 0 Å². The van der Waals surface area contributed by atoms with Crippen LogP contribution in [0.5, 0.6) is 0 Å². The highest BCUT2D eigenvalue weighted by molar-refractivity contribution is 6.11. The summed E-state index contributed by atoms with van der Waals surface area (Å²) in [6, 6.07) is -0.391. The Morgan fingerprint density at radius 3 is 2.92 bits per heavy atom. The summed E-state index contributed by atoms with van der Waals surface area (Å²) in [6.07, 6.45) is 0.543. The highest BCUT2D eigenvalue weighted by Gasteiger charge is 2.27. The monoisotopic (exact) mass is 183 g/mol. The summed E-state index contributed by atoms with van der Waals surface area (Å²) in [4.78, 5) is 12.7. The molecule has 5 heteroatoms. The molecule has 0 aromatic heterocycles. The molecule has 1 aliphatic heterocycles. The lowest BCUT2D eigenvalue weighted by Gasteiger charge is -2.35. The van der Waals surface area contributed by atoms with Crippen LogP contribution in [0.15, 0.2) is 0 Å². The molecule has 0 aliphatic carbocycles. The molecule has 0 bridgehead atoms. The van der Waals surface area contributed by atoms with E-state index in [-0.39, 0.29) is 12.2 Å². The number of methoxy groups -OCH3 is 1. The van der Waals surface area contributed by atoms with Crippen LogP contribution in [0.2, 0.25) is 0 Å². The summed E-state index contributed by atoms with van der Waals surface area (Å²) in [7, 11) is 6.98. The van der Waals surface area contributed by atoms with Crippen LogP contribution in [-0.2, 0) is 9.47 Å². The summed E-state index contributed by atoms with van der Waals surface area (Å²) in [5.74, 6) is 0. The lowest BCUT2D eigenvalue weighted by Crippen LogP contribution is -2.50. The van der Waals surface area contributed by atoms with E-state index in [1.54, 1.807) is 4.90 Å². The van der Waals surface area contributed by atoms with Crippen molar-refractivity contribution in [2.24, 2.45) is 0 Å². The van der Waals surface area contributed by atoms with Crippen molar-refractivity contribution in [3.8, 4) is 0 Å². The number of rotatable bonds is 1. The van der Waals surface area contributed by atoms with E-state index in [1.165, 1.54) is 7.11 Å². The molecule has 4 nitrogen and oxygen atoms in total. The molecule has 1 fully saturated rings. The fourth-order valence-corrected chi connectivity index (χ4v) is 1.37. The number of ether oxygens (including phenoxy) is 2. The highest BCUT2D eigenvalue weighted by atomic mass is 16.5. The molecule has 1 heterocycles. The van der Waals surface area contributed by atoms with Gasteiger partial charge in [0.25, 0.3) is 0 Å². The van der Waals surface area contributed by atoms with Crippen LogP contribution < -0.4 is 0 Å². The quantitative estimate of drug-likeness (QED) is 0.551. The van der Waals surface area contributed by atoms with Crippen molar-refractivity contribution in [2.75, 3.05) is 20.2 Å². The van der Waals surface area contributed by atoms with Crippen molar-refractivity contribution in [3.05, 3.63) is 0 Å². The Bertz CT molecular complexity index is 188. The Kier molecular flexibility index (Phi) is 3.60. The SMILES string of the molecule is [B]C1CN(C(=O)OC)CC(CC)O1. The van der Waals surface area contributed by atoms with E-state index >= 15 is 0 Å². The molecule has 0 spiro atoms. The first-order chi connectivity index (χ1) is 6.17. The van der Waals surface area contributed by atoms with Gasteiger partial charge in [-0.05, 0) is 6.42 Å². The van der Waals surface area contributed by atoms with Crippen LogP contribution in [0.4, 0.5) is 4.79 Å². The van der Waals surface area contributed by atoms with E-state index in [0.717, 1.165) is 6.42 Å². The van der Waals surface area contributed by atoms with Crippen LogP contribution in [0, 0.1) is 0 Å². The second-order valence-corrected chi connectivity index (χ2v) is 3.08. The molecule has 72 valence electrons. The van der Waals surface area contributed by atoms with E-state index in [0.29, 0.717) is 13.1 Å². The molecular formula is C8H14BNO3. The molecule has 0 aromatic rings. The first-order valence-corrected chi connectivity index (χ1v) is 4.41. The van der Waals surface area contributed by atoms with Crippen molar-refractivity contribution < 1.29 is 14.3 Å². The molecule has 0 saturated carbocycles. The topological polar surface area (TPSA) is 38.8 Å². The largest absolute Gasteiger partial charge is 0.453 e. The van der Waals surface area contributed by atoms with Gasteiger partial charge in [-0.3, -0.25) is 0 Å². The maximum atomic E-state index is 11.2. The summed E-state index contributed by atoms with van der Waals surface area (Å²) < 4.78 is 10.00. The van der Waals surface area contributed by atoms with E-state index in [2.05, 4.69) is 4.74 Å². The zero-order valence-electron chi connectivity index (χ0n) is 8.03. The highest BCUT2D eigenvalue weighted by Crippen LogP contribution is 2.12. The Morgan fingerprint density at radius 2 is 2.38 bits per heavy atom. The van der Waals surface area contributed by atoms with Gasteiger partial charge in [0.05, 0.1) is 19.8 Å². The number of morpholine rings is 1. The number of carbonyl (C=O) groups excluding carboxylic acids is 1. The Balaban J connectivity index is 2.51. The van der Waals surface area contributed by atoms with Gasteiger partial charge in [-0.2, -0.15) is 0 Å². The minimum absolute atomic E-state index is 0.0304. The minimum atomic E-state index is -0.391. The molecule has 0 N–H and O–H groups in total. The van der Waals surface area contributed by atoms with Crippen molar-refractivity contribution in [3.63, 3.8) is 0 Å². The third-order valence-electron chi connectivity index (χ3n) is 2.08. The number of hydrogen-bond acceptors (Lipinski definition) is 3. The molecule has 1 rings (SSSR count). The third kappa shape index (κ3) is 2.62. The average molecular weight is 183 g/mol. The van der Waals surface area contributed by atoms with E-state index in [1.807, 2.05) is 6.92 Å². The zero-order valence-corrected chi connectivity index (χ0v) is 8.03. The predicted octanol–water partition coefficient (Wildman–Crippen LogP) is 0.358. The number of hydrogen-bond donors (Lipinski definition) is 0. The summed E-state index contributed by atoms with van der Waals surface area (Å²) >= 11 is 0. The summed E-state index contributed by atoms with van der Waals surface area (Å²) in [5.41, 5.74) is 0. The normalized spacial score (nSPS) is 28.6. The average Bonchev–Trinajstić information content (AvgIpc) is 2.15. The summed E-state index contributed by atoms with van der Waals surface area (Å²) in [5, 5.41) is 0. The van der Waals surface area contributed by atoms with Gasteiger partial charge < -0.3 is 14.4 Å². The van der Waals surface area contributed by atoms with Crippen molar-refractivity contribution >= 4 is 13.9 Å². The second kappa shape index (κ2) is 4.51. The number of nitrogens with zero attached hydrogens (tertiary/aromatic N) is 1. The minimum Gasteiger partial charge on any atom is -0.453 e. The smallest absolute Gasteiger partial charge is 0.409 e. The number of amides is 1. The Hall–Kier alpha value is -0.705. The molecule has 2 unspecified atom stereocenters. The molecule has 1 aliphatic rings. The maximum Gasteiger partial charge on any atom is 0.409 e. The lowest BCUT2D eigenvalue weighted by molar-refractivity contribution is -0.0453.